The molecule has 1 heterocycles. The van der Waals surface area contributed by atoms with Crippen LogP contribution in [-0.2, 0) is 0 Å². The van der Waals surface area contributed by atoms with E-state index in [1.165, 1.54) is 18.2 Å². The number of ether oxygens (including phenoxy) is 1. The predicted octanol–water partition coefficient (Wildman–Crippen LogP) is 2.45. The molecule has 1 fully saturated rings. The summed E-state index contributed by atoms with van der Waals surface area (Å²) in [6, 6.07) is 12.8. The minimum Gasteiger partial charge on any atom is -0.491 e. The Morgan fingerprint density at radius 3 is 2.59 bits per heavy atom. The highest BCUT2D eigenvalue weighted by atomic mass is 35.5. The number of amides is 1. The highest BCUT2D eigenvalue weighted by Crippen LogP contribution is 2.20. The lowest BCUT2D eigenvalue weighted by Crippen LogP contribution is -2.51. The van der Waals surface area contributed by atoms with Crippen molar-refractivity contribution in [2.45, 2.75) is 6.10 Å². The number of nitro benzene ring substituents is 1. The molecular formula is C20H22ClN3O5. The Kier molecular flexibility index (Phi) is 7.03. The summed E-state index contributed by atoms with van der Waals surface area (Å²) < 4.78 is 5.47. The summed E-state index contributed by atoms with van der Waals surface area (Å²) in [5.74, 6) is 0.248. The summed E-state index contributed by atoms with van der Waals surface area (Å²) in [7, 11) is 0. The van der Waals surface area contributed by atoms with Gasteiger partial charge in [-0.2, -0.15) is 0 Å². The molecule has 3 rings (SSSR count). The minimum atomic E-state index is -0.750. The van der Waals surface area contributed by atoms with Crippen molar-refractivity contribution in [1.29, 1.82) is 0 Å². The second-order valence-corrected chi connectivity index (χ2v) is 7.20. The van der Waals surface area contributed by atoms with Gasteiger partial charge in [0, 0.05) is 38.8 Å². The van der Waals surface area contributed by atoms with Crippen LogP contribution in [0.3, 0.4) is 0 Å². The predicted molar refractivity (Wildman–Crippen MR) is 108 cm³/mol. The quantitative estimate of drug-likeness (QED) is 0.547. The fourth-order valence-electron chi connectivity index (χ4n) is 3.17. The highest BCUT2D eigenvalue weighted by Gasteiger charge is 2.24. The number of aliphatic hydroxyl groups is 1. The molecule has 0 radical (unpaired) electrons. The zero-order chi connectivity index (χ0) is 20.8. The number of carbonyl (C=O) groups excluding carboxylic acids is 1. The molecule has 1 atom stereocenters. The Balaban J connectivity index is 1.44. The van der Waals surface area contributed by atoms with E-state index in [9.17, 15) is 20.0 Å². The van der Waals surface area contributed by atoms with E-state index < -0.39 is 11.0 Å². The molecule has 1 N–H and O–H groups in total. The van der Waals surface area contributed by atoms with Gasteiger partial charge in [-0.1, -0.05) is 29.8 Å². The van der Waals surface area contributed by atoms with E-state index in [1.807, 2.05) is 0 Å². The summed E-state index contributed by atoms with van der Waals surface area (Å²) in [5.41, 5.74) is 0.435. The first kappa shape index (κ1) is 21.0. The molecule has 1 amide bonds. The van der Waals surface area contributed by atoms with Gasteiger partial charge < -0.3 is 14.7 Å². The van der Waals surface area contributed by atoms with Crippen LogP contribution in [0.1, 0.15) is 10.4 Å². The molecule has 154 valence electrons. The molecule has 2 aromatic carbocycles. The van der Waals surface area contributed by atoms with E-state index in [1.54, 1.807) is 35.2 Å². The first-order valence-corrected chi connectivity index (χ1v) is 9.63. The van der Waals surface area contributed by atoms with E-state index in [0.29, 0.717) is 49.1 Å². The van der Waals surface area contributed by atoms with E-state index >= 15 is 0 Å². The number of hydrogen-bond acceptors (Lipinski definition) is 6. The monoisotopic (exact) mass is 419 g/mol. The highest BCUT2D eigenvalue weighted by molar-refractivity contribution is 6.33. The van der Waals surface area contributed by atoms with Crippen molar-refractivity contribution in [1.82, 2.24) is 9.80 Å². The van der Waals surface area contributed by atoms with Crippen LogP contribution in [-0.4, -0.2) is 71.2 Å². The molecule has 9 heteroatoms. The fourth-order valence-corrected chi connectivity index (χ4v) is 3.39. The molecule has 0 aromatic heterocycles. The first-order chi connectivity index (χ1) is 13.9. The minimum absolute atomic E-state index is 0.0277. The number of β-amino-alcohol motifs (C(OH)–C–C–N with tert-alkyl or cyclic N) is 1. The molecule has 0 bridgehead atoms. The molecule has 0 saturated carbocycles. The Morgan fingerprint density at radius 2 is 1.90 bits per heavy atom. The normalized spacial score (nSPS) is 15.7. The van der Waals surface area contributed by atoms with Gasteiger partial charge in [0.1, 0.15) is 18.5 Å². The Labute approximate surface area is 173 Å². The molecular weight excluding hydrogens is 398 g/mol. The lowest BCUT2D eigenvalue weighted by molar-refractivity contribution is -0.384. The lowest BCUT2D eigenvalue weighted by Gasteiger charge is -2.35. The van der Waals surface area contributed by atoms with Gasteiger partial charge in [0.15, 0.2) is 0 Å². The number of piperazine rings is 1. The van der Waals surface area contributed by atoms with Gasteiger partial charge in [0.05, 0.1) is 21.6 Å². The van der Waals surface area contributed by atoms with Crippen molar-refractivity contribution < 1.29 is 19.6 Å². The SMILES string of the molecule is O=C(c1ccccc1Cl)N1CCN(CC(O)COc2cccc([N+](=O)[O-])c2)CC1. The number of benzene rings is 2. The topological polar surface area (TPSA) is 96.2 Å². The van der Waals surface area contributed by atoms with Crippen molar-refractivity contribution in [3.8, 4) is 5.75 Å². The number of nitro groups is 1. The Hall–Kier alpha value is -2.68. The third kappa shape index (κ3) is 5.66. The molecule has 1 aliphatic rings. The van der Waals surface area contributed by atoms with E-state index in [-0.39, 0.29) is 18.2 Å². The van der Waals surface area contributed by atoms with Gasteiger partial charge in [-0.25, -0.2) is 0 Å². The van der Waals surface area contributed by atoms with Crippen LogP contribution in [0.2, 0.25) is 5.02 Å². The van der Waals surface area contributed by atoms with Crippen molar-refractivity contribution in [2.75, 3.05) is 39.3 Å². The van der Waals surface area contributed by atoms with Gasteiger partial charge in [-0.3, -0.25) is 19.8 Å². The second kappa shape index (κ2) is 9.69. The summed E-state index contributed by atoms with van der Waals surface area (Å²) in [4.78, 5) is 26.7. The van der Waals surface area contributed by atoms with Crippen molar-refractivity contribution in [3.63, 3.8) is 0 Å². The maximum atomic E-state index is 12.6. The van der Waals surface area contributed by atoms with Crippen LogP contribution in [0.4, 0.5) is 5.69 Å². The molecule has 8 nitrogen and oxygen atoms in total. The second-order valence-electron chi connectivity index (χ2n) is 6.79. The lowest BCUT2D eigenvalue weighted by atomic mass is 10.1. The average molecular weight is 420 g/mol. The number of aliphatic hydroxyl groups excluding tert-OH is 1. The summed E-state index contributed by atoms with van der Waals surface area (Å²) in [5, 5.41) is 21.5. The van der Waals surface area contributed by atoms with Gasteiger partial charge in [0.25, 0.3) is 11.6 Å². The molecule has 1 aliphatic heterocycles. The van der Waals surface area contributed by atoms with Crippen LogP contribution < -0.4 is 4.74 Å². The average Bonchev–Trinajstić information content (AvgIpc) is 2.73. The smallest absolute Gasteiger partial charge is 0.273 e. The van der Waals surface area contributed by atoms with E-state index in [0.717, 1.165) is 0 Å². The third-order valence-corrected chi connectivity index (χ3v) is 5.03. The van der Waals surface area contributed by atoms with Gasteiger partial charge >= 0.3 is 0 Å². The third-order valence-electron chi connectivity index (χ3n) is 4.70. The van der Waals surface area contributed by atoms with Gasteiger partial charge in [0.2, 0.25) is 0 Å². The van der Waals surface area contributed by atoms with Crippen molar-refractivity contribution in [3.05, 3.63) is 69.2 Å². The van der Waals surface area contributed by atoms with Crippen LogP contribution in [0.25, 0.3) is 0 Å². The summed E-state index contributed by atoms with van der Waals surface area (Å²) >= 11 is 6.11. The zero-order valence-corrected chi connectivity index (χ0v) is 16.5. The fraction of sp³-hybridized carbons (Fsp3) is 0.350. The molecule has 2 aromatic rings. The number of nitrogens with zero attached hydrogens (tertiary/aromatic N) is 3. The first-order valence-electron chi connectivity index (χ1n) is 9.25. The largest absolute Gasteiger partial charge is 0.491 e. The number of hydrogen-bond donors (Lipinski definition) is 1. The van der Waals surface area contributed by atoms with Crippen LogP contribution >= 0.6 is 11.6 Å². The number of non-ortho nitro benzene ring substituents is 1. The molecule has 0 spiro atoms. The summed E-state index contributed by atoms with van der Waals surface area (Å²) in [6.07, 6.45) is -0.750. The van der Waals surface area contributed by atoms with Crippen molar-refractivity contribution in [2.24, 2.45) is 0 Å². The van der Waals surface area contributed by atoms with E-state index in [2.05, 4.69) is 4.90 Å². The maximum absolute atomic E-state index is 12.6. The number of carbonyl (C=O) groups is 1. The van der Waals surface area contributed by atoms with E-state index in [4.69, 9.17) is 16.3 Å². The summed E-state index contributed by atoms with van der Waals surface area (Å²) in [6.45, 7) is 2.77. The van der Waals surface area contributed by atoms with Gasteiger partial charge in [-0.15, -0.1) is 0 Å². The molecule has 1 saturated heterocycles. The Morgan fingerprint density at radius 1 is 1.17 bits per heavy atom. The van der Waals surface area contributed by atoms with Crippen LogP contribution in [0.15, 0.2) is 48.5 Å². The van der Waals surface area contributed by atoms with Crippen molar-refractivity contribution >= 4 is 23.2 Å². The van der Waals surface area contributed by atoms with Crippen LogP contribution in [0.5, 0.6) is 5.75 Å². The standard InChI is InChI=1S/C20H22ClN3O5/c21-19-7-2-1-6-18(19)20(26)23-10-8-22(9-11-23)13-16(25)14-29-17-5-3-4-15(12-17)24(27)28/h1-7,12,16,25H,8-11,13-14H2. The molecule has 0 aliphatic carbocycles. The Bertz CT molecular complexity index is 871. The number of halogens is 1. The molecule has 29 heavy (non-hydrogen) atoms. The number of rotatable bonds is 7. The zero-order valence-electron chi connectivity index (χ0n) is 15.7. The van der Waals surface area contributed by atoms with Crippen LogP contribution in [0, 0.1) is 10.1 Å². The maximum Gasteiger partial charge on any atom is 0.273 e. The molecule has 1 unspecified atom stereocenters. The van der Waals surface area contributed by atoms with Gasteiger partial charge in [-0.05, 0) is 18.2 Å².